The van der Waals surface area contributed by atoms with E-state index in [0.717, 1.165) is 23.2 Å². The number of benzene rings is 1. The van der Waals surface area contributed by atoms with E-state index in [4.69, 9.17) is 9.52 Å². The second-order valence-corrected chi connectivity index (χ2v) is 5.54. The van der Waals surface area contributed by atoms with Crippen LogP contribution in [0.2, 0.25) is 0 Å². The van der Waals surface area contributed by atoms with Gasteiger partial charge in [0.2, 0.25) is 5.89 Å². The largest absolute Gasteiger partial charge is 0.444 e. The topological polar surface area (TPSA) is 87.4 Å². The maximum atomic E-state index is 12.1. The Hall–Kier alpha value is -2.34. The van der Waals surface area contributed by atoms with Crippen LogP contribution in [-0.4, -0.2) is 28.8 Å². The zero-order chi connectivity index (χ0) is 16.8. The van der Waals surface area contributed by atoms with Crippen molar-refractivity contribution in [1.29, 1.82) is 0 Å². The lowest BCUT2D eigenvalue weighted by Crippen LogP contribution is -2.38. The van der Waals surface area contributed by atoms with E-state index in [1.54, 1.807) is 6.26 Å². The molecule has 1 unspecified atom stereocenters. The van der Waals surface area contributed by atoms with Crippen LogP contribution in [0.5, 0.6) is 0 Å². The second-order valence-electron chi connectivity index (χ2n) is 5.54. The summed E-state index contributed by atoms with van der Waals surface area (Å²) in [6, 6.07) is 5.33. The van der Waals surface area contributed by atoms with Crippen LogP contribution in [0.1, 0.15) is 31.0 Å². The van der Waals surface area contributed by atoms with Crippen molar-refractivity contribution in [3.05, 3.63) is 35.7 Å². The number of nitrogens with one attached hydrogen (secondary N) is 2. The number of aryl methyl sites for hydroxylation is 2. The van der Waals surface area contributed by atoms with Crippen LogP contribution in [-0.2, 0) is 0 Å². The van der Waals surface area contributed by atoms with Crippen LogP contribution in [0, 0.1) is 13.8 Å². The van der Waals surface area contributed by atoms with E-state index >= 15 is 0 Å². The van der Waals surface area contributed by atoms with Gasteiger partial charge in [-0.05, 0) is 44.4 Å². The zero-order valence-corrected chi connectivity index (χ0v) is 13.7. The van der Waals surface area contributed by atoms with Crippen molar-refractivity contribution in [2.24, 2.45) is 0 Å². The van der Waals surface area contributed by atoms with E-state index in [1.807, 2.05) is 39.0 Å². The molecule has 1 aromatic carbocycles. The Morgan fingerprint density at radius 2 is 2.17 bits per heavy atom. The number of hydrogen-bond donors (Lipinski definition) is 3. The van der Waals surface area contributed by atoms with Gasteiger partial charge in [-0.25, -0.2) is 9.78 Å². The SMILES string of the molecule is CCC(CCO)NC(=O)Nc1cc(-c2nc(C)co2)ccc1C. The fourth-order valence-corrected chi connectivity index (χ4v) is 2.25. The molecule has 0 radical (unpaired) electrons. The van der Waals surface area contributed by atoms with Crippen molar-refractivity contribution < 1.29 is 14.3 Å². The standard InChI is InChI=1S/C17H23N3O3/c1-4-14(7-8-21)19-17(22)20-15-9-13(6-5-11(15)2)16-18-12(3)10-23-16/h5-6,9-10,14,21H,4,7-8H2,1-3H3,(H2,19,20,22). The number of carbonyl (C=O) groups is 1. The number of hydrogen-bond acceptors (Lipinski definition) is 4. The minimum absolute atomic E-state index is 0.0436. The molecule has 0 saturated carbocycles. The van der Waals surface area contributed by atoms with Crippen molar-refractivity contribution in [2.75, 3.05) is 11.9 Å². The molecular formula is C17H23N3O3. The molecule has 1 atom stereocenters. The number of amides is 2. The van der Waals surface area contributed by atoms with Gasteiger partial charge >= 0.3 is 6.03 Å². The number of aliphatic hydroxyl groups excluding tert-OH is 1. The van der Waals surface area contributed by atoms with Crippen molar-refractivity contribution in [2.45, 2.75) is 39.7 Å². The normalized spacial score (nSPS) is 12.0. The fraction of sp³-hybridized carbons (Fsp3) is 0.412. The second kappa shape index (κ2) is 7.78. The number of nitrogens with zero attached hydrogens (tertiary/aromatic N) is 1. The zero-order valence-electron chi connectivity index (χ0n) is 13.7. The number of urea groups is 1. The lowest BCUT2D eigenvalue weighted by Gasteiger charge is -2.17. The average Bonchev–Trinajstić information content (AvgIpc) is 2.95. The molecule has 23 heavy (non-hydrogen) atoms. The molecule has 1 aromatic heterocycles. The summed E-state index contributed by atoms with van der Waals surface area (Å²) >= 11 is 0. The van der Waals surface area contributed by atoms with Crippen LogP contribution in [0.4, 0.5) is 10.5 Å². The monoisotopic (exact) mass is 317 g/mol. The van der Waals surface area contributed by atoms with Crippen molar-refractivity contribution in [3.63, 3.8) is 0 Å². The van der Waals surface area contributed by atoms with Crippen LogP contribution >= 0.6 is 0 Å². The quantitative estimate of drug-likeness (QED) is 0.763. The maximum absolute atomic E-state index is 12.1. The first-order chi connectivity index (χ1) is 11.0. The van der Waals surface area contributed by atoms with Crippen LogP contribution in [0.25, 0.3) is 11.5 Å². The summed E-state index contributed by atoms with van der Waals surface area (Å²) < 4.78 is 5.40. The van der Waals surface area contributed by atoms with Crippen LogP contribution < -0.4 is 10.6 Å². The first-order valence-electron chi connectivity index (χ1n) is 7.75. The molecule has 2 aromatic rings. The van der Waals surface area contributed by atoms with Gasteiger partial charge in [0, 0.05) is 23.9 Å². The molecule has 6 nitrogen and oxygen atoms in total. The van der Waals surface area contributed by atoms with E-state index in [0.29, 0.717) is 18.0 Å². The van der Waals surface area contributed by atoms with E-state index < -0.39 is 0 Å². The summed E-state index contributed by atoms with van der Waals surface area (Å²) in [5.41, 5.74) is 3.26. The third-order valence-corrected chi connectivity index (χ3v) is 3.66. The van der Waals surface area contributed by atoms with Gasteiger partial charge in [-0.3, -0.25) is 0 Å². The number of rotatable bonds is 6. The molecule has 124 valence electrons. The summed E-state index contributed by atoms with van der Waals surface area (Å²) in [4.78, 5) is 16.4. The van der Waals surface area contributed by atoms with Crippen molar-refractivity contribution >= 4 is 11.7 Å². The molecule has 0 bridgehead atoms. The number of aliphatic hydroxyl groups is 1. The third kappa shape index (κ3) is 4.56. The van der Waals surface area contributed by atoms with E-state index in [9.17, 15) is 4.79 Å². The molecule has 2 amide bonds. The van der Waals surface area contributed by atoms with Crippen LogP contribution in [0.3, 0.4) is 0 Å². The van der Waals surface area contributed by atoms with Gasteiger partial charge in [-0.1, -0.05) is 13.0 Å². The first-order valence-corrected chi connectivity index (χ1v) is 7.75. The van der Waals surface area contributed by atoms with Crippen molar-refractivity contribution in [1.82, 2.24) is 10.3 Å². The summed E-state index contributed by atoms with van der Waals surface area (Å²) in [7, 11) is 0. The highest BCUT2D eigenvalue weighted by Crippen LogP contribution is 2.25. The molecule has 2 rings (SSSR count). The Kier molecular flexibility index (Phi) is 5.76. The lowest BCUT2D eigenvalue weighted by molar-refractivity contribution is 0.237. The lowest BCUT2D eigenvalue weighted by atomic mass is 10.1. The van der Waals surface area contributed by atoms with Gasteiger partial charge in [0.15, 0.2) is 0 Å². The Balaban J connectivity index is 2.11. The maximum Gasteiger partial charge on any atom is 0.319 e. The highest BCUT2D eigenvalue weighted by molar-refractivity contribution is 5.91. The van der Waals surface area contributed by atoms with E-state index in [-0.39, 0.29) is 18.7 Å². The predicted molar refractivity (Wildman–Crippen MR) is 89.3 cm³/mol. The minimum atomic E-state index is -0.283. The summed E-state index contributed by atoms with van der Waals surface area (Å²) in [5.74, 6) is 0.526. The molecule has 0 aliphatic carbocycles. The van der Waals surface area contributed by atoms with Gasteiger partial charge < -0.3 is 20.2 Å². The molecule has 0 saturated heterocycles. The molecule has 0 fully saturated rings. The Labute approximate surface area is 135 Å². The Bertz CT molecular complexity index is 667. The van der Waals surface area contributed by atoms with Crippen LogP contribution in [0.15, 0.2) is 28.9 Å². The summed E-state index contributed by atoms with van der Waals surface area (Å²) in [5, 5.41) is 14.7. The molecule has 3 N–H and O–H groups in total. The number of anilines is 1. The van der Waals surface area contributed by atoms with E-state index in [1.165, 1.54) is 0 Å². The van der Waals surface area contributed by atoms with Gasteiger partial charge in [0.1, 0.15) is 6.26 Å². The first kappa shape index (κ1) is 17.0. The fourth-order valence-electron chi connectivity index (χ4n) is 2.25. The Morgan fingerprint density at radius 1 is 1.39 bits per heavy atom. The molecule has 6 heteroatoms. The minimum Gasteiger partial charge on any atom is -0.444 e. The smallest absolute Gasteiger partial charge is 0.319 e. The molecule has 0 aliphatic heterocycles. The van der Waals surface area contributed by atoms with Gasteiger partial charge in [0.25, 0.3) is 0 Å². The highest BCUT2D eigenvalue weighted by Gasteiger charge is 2.12. The number of carbonyl (C=O) groups excluding carboxylic acids is 1. The number of oxazole rings is 1. The Morgan fingerprint density at radius 3 is 2.78 bits per heavy atom. The molecule has 0 aliphatic rings. The van der Waals surface area contributed by atoms with Gasteiger partial charge in [-0.2, -0.15) is 0 Å². The molecule has 1 heterocycles. The predicted octanol–water partition coefficient (Wildman–Crippen LogP) is 3.24. The van der Waals surface area contributed by atoms with Crippen molar-refractivity contribution in [3.8, 4) is 11.5 Å². The summed E-state index contributed by atoms with van der Waals surface area (Å²) in [6.45, 7) is 5.80. The molecular weight excluding hydrogens is 294 g/mol. The highest BCUT2D eigenvalue weighted by atomic mass is 16.3. The van der Waals surface area contributed by atoms with E-state index in [2.05, 4.69) is 15.6 Å². The molecule has 0 spiro atoms. The van der Waals surface area contributed by atoms with Gasteiger partial charge in [-0.15, -0.1) is 0 Å². The number of aromatic nitrogens is 1. The van der Waals surface area contributed by atoms with Gasteiger partial charge in [0.05, 0.1) is 5.69 Å². The average molecular weight is 317 g/mol. The third-order valence-electron chi connectivity index (χ3n) is 3.66. The summed E-state index contributed by atoms with van der Waals surface area (Å²) in [6.07, 6.45) is 2.90.